The van der Waals surface area contributed by atoms with E-state index in [0.29, 0.717) is 22.3 Å². The van der Waals surface area contributed by atoms with Crippen LogP contribution >= 0.6 is 39.1 Å². The highest BCUT2D eigenvalue weighted by molar-refractivity contribution is 9.10. The number of benzene rings is 2. The molecule has 1 N–H and O–H groups in total. The summed E-state index contributed by atoms with van der Waals surface area (Å²) >= 11 is 15.6. The van der Waals surface area contributed by atoms with Crippen molar-refractivity contribution >= 4 is 50.9 Å². The Morgan fingerprint density at radius 2 is 1.81 bits per heavy atom. The minimum Gasteiger partial charge on any atom is -0.483 e. The molecule has 2 amide bonds. The maximum absolute atomic E-state index is 13.1. The van der Waals surface area contributed by atoms with Gasteiger partial charge in [0.15, 0.2) is 6.61 Å². The molecule has 0 aliphatic rings. The fourth-order valence-electron chi connectivity index (χ4n) is 2.92. The molecule has 0 radical (unpaired) electrons. The smallest absolute Gasteiger partial charge is 0.261 e. The maximum atomic E-state index is 13.1. The second-order valence-electron chi connectivity index (χ2n) is 7.14. The van der Waals surface area contributed by atoms with Crippen molar-refractivity contribution in [3.05, 3.63) is 62.0 Å². The Labute approximate surface area is 202 Å². The number of rotatable bonds is 10. The standard InChI is InChI=1S/C23H27BrCl2N2O3/c1-4-10-27-23(30)15(3)28(13-17-6-8-19(25)20(26)12-17)22(29)14-31-21-9-7-16(5-2)11-18(21)24/h6-9,11-12,15H,4-5,10,13-14H2,1-3H3,(H,27,30)/t15-/m1/s1. The summed E-state index contributed by atoms with van der Waals surface area (Å²) < 4.78 is 6.54. The molecule has 0 heterocycles. The summed E-state index contributed by atoms with van der Waals surface area (Å²) in [7, 11) is 0. The molecule has 0 aliphatic carbocycles. The van der Waals surface area contributed by atoms with Crippen LogP contribution in [0.25, 0.3) is 0 Å². The van der Waals surface area contributed by atoms with Gasteiger partial charge in [-0.25, -0.2) is 0 Å². The lowest BCUT2D eigenvalue weighted by molar-refractivity contribution is -0.142. The largest absolute Gasteiger partial charge is 0.483 e. The Morgan fingerprint density at radius 3 is 2.42 bits per heavy atom. The summed E-state index contributed by atoms with van der Waals surface area (Å²) in [5.41, 5.74) is 1.93. The number of ether oxygens (including phenoxy) is 1. The molecular formula is C23H27BrCl2N2O3. The lowest BCUT2D eigenvalue weighted by Gasteiger charge is -2.29. The van der Waals surface area contributed by atoms with Gasteiger partial charge in [-0.1, -0.05) is 49.2 Å². The Morgan fingerprint density at radius 1 is 1.10 bits per heavy atom. The minimum atomic E-state index is -0.678. The lowest BCUT2D eigenvalue weighted by Crippen LogP contribution is -2.49. The summed E-state index contributed by atoms with van der Waals surface area (Å²) in [5, 5.41) is 3.67. The third-order valence-electron chi connectivity index (χ3n) is 4.81. The Hall–Kier alpha value is -1.76. The number of aryl methyl sites for hydroxylation is 1. The van der Waals surface area contributed by atoms with Crippen molar-refractivity contribution in [3.63, 3.8) is 0 Å². The zero-order valence-electron chi connectivity index (χ0n) is 17.9. The van der Waals surface area contributed by atoms with Gasteiger partial charge >= 0.3 is 0 Å². The Balaban J connectivity index is 2.18. The normalized spacial score (nSPS) is 11.7. The molecule has 2 aromatic rings. The van der Waals surface area contributed by atoms with Gasteiger partial charge in [-0.2, -0.15) is 0 Å². The summed E-state index contributed by atoms with van der Waals surface area (Å²) in [6.45, 7) is 6.29. The highest BCUT2D eigenvalue weighted by Gasteiger charge is 2.26. The molecule has 0 aliphatic heterocycles. The number of hydrogen-bond acceptors (Lipinski definition) is 3. The fourth-order valence-corrected chi connectivity index (χ4v) is 3.78. The van der Waals surface area contributed by atoms with Gasteiger partial charge in [-0.3, -0.25) is 9.59 Å². The van der Waals surface area contributed by atoms with Gasteiger partial charge < -0.3 is 15.0 Å². The van der Waals surface area contributed by atoms with Crippen molar-refractivity contribution in [3.8, 4) is 5.75 Å². The van der Waals surface area contributed by atoms with Gasteiger partial charge in [0.05, 0.1) is 14.5 Å². The Kier molecular flexibility index (Phi) is 10.1. The molecule has 1 atom stereocenters. The van der Waals surface area contributed by atoms with E-state index in [-0.39, 0.29) is 25.0 Å². The van der Waals surface area contributed by atoms with Crippen LogP contribution in [0, 0.1) is 0 Å². The topological polar surface area (TPSA) is 58.6 Å². The van der Waals surface area contributed by atoms with Gasteiger partial charge in [0, 0.05) is 13.1 Å². The molecule has 168 valence electrons. The van der Waals surface area contributed by atoms with Gasteiger partial charge in [0.1, 0.15) is 11.8 Å². The summed E-state index contributed by atoms with van der Waals surface area (Å²) in [6, 6.07) is 10.2. The van der Waals surface area contributed by atoms with Crippen LogP contribution in [0.5, 0.6) is 5.75 Å². The monoisotopic (exact) mass is 528 g/mol. The molecule has 0 fully saturated rings. The van der Waals surface area contributed by atoms with E-state index < -0.39 is 6.04 Å². The average Bonchev–Trinajstić information content (AvgIpc) is 2.76. The van der Waals surface area contributed by atoms with Gasteiger partial charge in [0.25, 0.3) is 5.91 Å². The molecule has 2 rings (SSSR count). The second-order valence-corrected chi connectivity index (χ2v) is 8.81. The summed E-state index contributed by atoms with van der Waals surface area (Å²) in [5.74, 6) is 0.0450. The molecule has 0 unspecified atom stereocenters. The third kappa shape index (κ3) is 7.41. The van der Waals surface area contributed by atoms with Crippen molar-refractivity contribution in [1.29, 1.82) is 0 Å². The highest BCUT2D eigenvalue weighted by atomic mass is 79.9. The van der Waals surface area contributed by atoms with Crippen LogP contribution in [0.3, 0.4) is 0 Å². The third-order valence-corrected chi connectivity index (χ3v) is 6.17. The Bertz CT molecular complexity index is 924. The number of amides is 2. The molecule has 0 saturated heterocycles. The van der Waals surface area contributed by atoms with Crippen LogP contribution < -0.4 is 10.1 Å². The molecule has 0 aromatic heterocycles. The first kappa shape index (κ1) is 25.5. The molecule has 8 heteroatoms. The van der Waals surface area contributed by atoms with E-state index >= 15 is 0 Å². The lowest BCUT2D eigenvalue weighted by atomic mass is 10.1. The number of halogens is 3. The fraction of sp³-hybridized carbons (Fsp3) is 0.391. The van der Waals surface area contributed by atoms with E-state index in [4.69, 9.17) is 27.9 Å². The van der Waals surface area contributed by atoms with Gasteiger partial charge in [-0.05, 0) is 71.1 Å². The first-order valence-corrected chi connectivity index (χ1v) is 11.7. The first-order valence-electron chi connectivity index (χ1n) is 10.2. The van der Waals surface area contributed by atoms with Crippen LogP contribution in [0.4, 0.5) is 0 Å². The molecule has 0 bridgehead atoms. The van der Waals surface area contributed by atoms with Crippen LogP contribution in [0.15, 0.2) is 40.9 Å². The number of hydrogen-bond donors (Lipinski definition) is 1. The quantitative estimate of drug-likeness (QED) is 0.433. The molecular weight excluding hydrogens is 503 g/mol. The zero-order chi connectivity index (χ0) is 23.0. The van der Waals surface area contributed by atoms with Gasteiger partial charge in [-0.15, -0.1) is 0 Å². The zero-order valence-corrected chi connectivity index (χ0v) is 21.0. The van der Waals surface area contributed by atoms with Crippen molar-refractivity contribution in [1.82, 2.24) is 10.2 Å². The average molecular weight is 530 g/mol. The van der Waals surface area contributed by atoms with Crippen LogP contribution in [-0.4, -0.2) is 35.9 Å². The van der Waals surface area contributed by atoms with Crippen LogP contribution in [-0.2, 0) is 22.6 Å². The van der Waals surface area contributed by atoms with E-state index in [1.807, 2.05) is 25.1 Å². The number of carbonyl (C=O) groups excluding carboxylic acids is 2. The van der Waals surface area contributed by atoms with E-state index in [2.05, 4.69) is 28.2 Å². The van der Waals surface area contributed by atoms with E-state index in [1.54, 1.807) is 25.1 Å². The van der Waals surface area contributed by atoms with Gasteiger partial charge in [0.2, 0.25) is 5.91 Å². The maximum Gasteiger partial charge on any atom is 0.261 e. The molecule has 0 saturated carbocycles. The van der Waals surface area contributed by atoms with E-state index in [1.165, 1.54) is 4.90 Å². The number of nitrogens with one attached hydrogen (secondary N) is 1. The SMILES string of the molecule is CCCNC(=O)[C@@H](C)N(Cc1ccc(Cl)c(Cl)c1)C(=O)COc1ccc(CC)cc1Br. The van der Waals surface area contributed by atoms with Crippen LogP contribution in [0.2, 0.25) is 10.0 Å². The predicted molar refractivity (Wildman–Crippen MR) is 129 cm³/mol. The van der Waals surface area contributed by atoms with Crippen molar-refractivity contribution in [2.45, 2.75) is 46.2 Å². The van der Waals surface area contributed by atoms with Crippen molar-refractivity contribution in [2.24, 2.45) is 0 Å². The van der Waals surface area contributed by atoms with Crippen molar-refractivity contribution in [2.75, 3.05) is 13.2 Å². The second kappa shape index (κ2) is 12.3. The minimum absolute atomic E-state index is 0.198. The number of nitrogens with zero attached hydrogens (tertiary/aromatic N) is 1. The summed E-state index contributed by atoms with van der Waals surface area (Å²) in [4.78, 5) is 27.1. The summed E-state index contributed by atoms with van der Waals surface area (Å²) in [6.07, 6.45) is 1.71. The van der Waals surface area contributed by atoms with E-state index in [0.717, 1.165) is 28.4 Å². The van der Waals surface area contributed by atoms with Crippen LogP contribution in [0.1, 0.15) is 38.3 Å². The molecule has 0 spiro atoms. The predicted octanol–water partition coefficient (Wildman–Crippen LogP) is 5.64. The molecule has 31 heavy (non-hydrogen) atoms. The molecule has 2 aromatic carbocycles. The highest BCUT2D eigenvalue weighted by Crippen LogP contribution is 2.27. The van der Waals surface area contributed by atoms with E-state index in [9.17, 15) is 9.59 Å². The molecule has 5 nitrogen and oxygen atoms in total. The number of carbonyl (C=O) groups is 2. The first-order chi connectivity index (χ1) is 14.8. The van der Waals surface area contributed by atoms with Crippen molar-refractivity contribution < 1.29 is 14.3 Å².